The largest absolute Gasteiger partial charge is 0.465 e. The van der Waals surface area contributed by atoms with Crippen molar-refractivity contribution in [2.75, 3.05) is 66.2 Å². The summed E-state index contributed by atoms with van der Waals surface area (Å²) in [6.45, 7) is 5.38. The van der Waals surface area contributed by atoms with Gasteiger partial charge in [0.25, 0.3) is 0 Å². The maximum atomic E-state index is 11.1. The molecule has 0 heterocycles. The van der Waals surface area contributed by atoms with Gasteiger partial charge in [-0.15, -0.1) is 0 Å². The summed E-state index contributed by atoms with van der Waals surface area (Å²) in [6, 6.07) is 0. The van der Waals surface area contributed by atoms with Gasteiger partial charge in [0.2, 0.25) is 0 Å². The SMILES string of the molecule is CNCC(=O)OCCCN(I)CCOCCN(I)CCO. The third kappa shape index (κ3) is 15.4. The second-order valence-electron chi connectivity index (χ2n) is 4.26. The van der Waals surface area contributed by atoms with Crippen LogP contribution in [0.3, 0.4) is 0 Å². The van der Waals surface area contributed by atoms with Crippen molar-refractivity contribution < 1.29 is 19.4 Å². The highest BCUT2D eigenvalue weighted by molar-refractivity contribution is 14.1. The van der Waals surface area contributed by atoms with E-state index in [9.17, 15) is 4.79 Å². The van der Waals surface area contributed by atoms with Gasteiger partial charge < -0.3 is 19.9 Å². The first kappa shape index (κ1) is 21.7. The van der Waals surface area contributed by atoms with E-state index in [-0.39, 0.29) is 19.1 Å². The molecule has 0 unspecified atom stereocenters. The van der Waals surface area contributed by atoms with Crippen molar-refractivity contribution >= 4 is 51.7 Å². The number of rotatable bonds is 14. The van der Waals surface area contributed by atoms with Crippen LogP contribution in [0, 0.1) is 0 Å². The number of hydrogen-bond acceptors (Lipinski definition) is 7. The second-order valence-corrected chi connectivity index (χ2v) is 6.99. The zero-order chi connectivity index (χ0) is 15.9. The van der Waals surface area contributed by atoms with Crippen LogP contribution in [-0.4, -0.2) is 83.5 Å². The fourth-order valence-electron chi connectivity index (χ4n) is 1.38. The quantitative estimate of drug-likeness (QED) is 0.147. The average Bonchev–Trinajstić information content (AvgIpc) is 2.44. The van der Waals surface area contributed by atoms with Gasteiger partial charge in [-0.25, -0.2) is 6.23 Å². The molecule has 0 saturated heterocycles. The van der Waals surface area contributed by atoms with Crippen LogP contribution in [0.5, 0.6) is 0 Å². The zero-order valence-corrected chi connectivity index (χ0v) is 16.7. The van der Waals surface area contributed by atoms with E-state index >= 15 is 0 Å². The molecule has 0 aromatic heterocycles. The van der Waals surface area contributed by atoms with Crippen LogP contribution in [0.2, 0.25) is 0 Å². The van der Waals surface area contributed by atoms with Crippen LogP contribution in [0.4, 0.5) is 0 Å². The first-order chi connectivity index (χ1) is 10.1. The minimum atomic E-state index is -0.216. The highest BCUT2D eigenvalue weighted by Gasteiger charge is 2.04. The number of ether oxygens (including phenoxy) is 2. The summed E-state index contributed by atoms with van der Waals surface area (Å²) in [4.78, 5) is 11.1. The summed E-state index contributed by atoms with van der Waals surface area (Å²) in [5, 5.41) is 11.5. The first-order valence-corrected chi connectivity index (χ1v) is 8.83. The van der Waals surface area contributed by atoms with Crippen LogP contribution in [0.1, 0.15) is 6.42 Å². The van der Waals surface area contributed by atoms with E-state index < -0.39 is 0 Å². The zero-order valence-electron chi connectivity index (χ0n) is 12.4. The Morgan fingerprint density at radius 1 is 1.10 bits per heavy atom. The predicted octanol–water partition coefficient (Wildman–Crippen LogP) is 0.452. The third-order valence-corrected chi connectivity index (χ3v) is 4.36. The summed E-state index contributed by atoms with van der Waals surface area (Å²) >= 11 is 4.43. The van der Waals surface area contributed by atoms with Gasteiger partial charge in [0.1, 0.15) is 0 Å². The molecule has 0 saturated carbocycles. The summed E-state index contributed by atoms with van der Waals surface area (Å²) in [6.07, 6.45) is 0.816. The molecule has 0 aliphatic heterocycles. The van der Waals surface area contributed by atoms with E-state index in [0.717, 1.165) is 26.1 Å². The van der Waals surface area contributed by atoms with Gasteiger partial charge in [0.15, 0.2) is 0 Å². The molecule has 0 fully saturated rings. The Labute approximate surface area is 154 Å². The van der Waals surface area contributed by atoms with Crippen molar-refractivity contribution in [1.29, 1.82) is 0 Å². The minimum absolute atomic E-state index is 0.170. The topological polar surface area (TPSA) is 74.3 Å². The minimum Gasteiger partial charge on any atom is -0.465 e. The number of carbonyl (C=O) groups excluding carboxylic acids is 1. The van der Waals surface area contributed by atoms with Crippen molar-refractivity contribution in [2.24, 2.45) is 0 Å². The van der Waals surface area contributed by atoms with Gasteiger partial charge in [-0.1, -0.05) is 0 Å². The molecule has 7 nitrogen and oxygen atoms in total. The molecule has 0 aliphatic carbocycles. The van der Waals surface area contributed by atoms with Crippen molar-refractivity contribution in [1.82, 2.24) is 11.5 Å². The number of aliphatic hydroxyl groups is 1. The van der Waals surface area contributed by atoms with Crippen LogP contribution in [0.25, 0.3) is 0 Å². The van der Waals surface area contributed by atoms with Gasteiger partial charge in [0, 0.05) is 71.9 Å². The van der Waals surface area contributed by atoms with E-state index in [0.29, 0.717) is 26.4 Å². The van der Waals surface area contributed by atoms with Gasteiger partial charge in [-0.05, 0) is 13.5 Å². The lowest BCUT2D eigenvalue weighted by Crippen LogP contribution is -2.25. The molecule has 0 bridgehead atoms. The molecular formula is C12H25I2N3O4. The summed E-state index contributed by atoms with van der Waals surface area (Å²) in [5.41, 5.74) is 0. The number of hydrogen-bond donors (Lipinski definition) is 2. The molecule has 126 valence electrons. The second kappa shape index (κ2) is 15.6. The monoisotopic (exact) mass is 529 g/mol. The van der Waals surface area contributed by atoms with E-state index in [4.69, 9.17) is 14.6 Å². The third-order valence-electron chi connectivity index (χ3n) is 2.43. The molecule has 0 radical (unpaired) electrons. The average molecular weight is 529 g/mol. The van der Waals surface area contributed by atoms with Crippen molar-refractivity contribution in [3.05, 3.63) is 0 Å². The van der Waals surface area contributed by atoms with Crippen LogP contribution in [-0.2, 0) is 14.3 Å². The highest BCUT2D eigenvalue weighted by Crippen LogP contribution is 2.01. The Morgan fingerprint density at radius 2 is 1.71 bits per heavy atom. The number of esters is 1. The van der Waals surface area contributed by atoms with Crippen LogP contribution in [0.15, 0.2) is 0 Å². The number of aliphatic hydroxyl groups excluding tert-OH is 1. The normalized spacial score (nSPS) is 11.3. The predicted molar refractivity (Wildman–Crippen MR) is 98.6 cm³/mol. The molecular weight excluding hydrogens is 504 g/mol. The van der Waals surface area contributed by atoms with Gasteiger partial charge in [-0.3, -0.25) is 4.79 Å². The molecule has 0 amide bonds. The van der Waals surface area contributed by atoms with E-state index in [1.807, 2.05) is 3.11 Å². The molecule has 0 rings (SSSR count). The summed E-state index contributed by atoms with van der Waals surface area (Å²) < 4.78 is 14.7. The molecule has 9 heteroatoms. The van der Waals surface area contributed by atoms with E-state index in [2.05, 4.69) is 54.2 Å². The smallest absolute Gasteiger partial charge is 0.319 e. The molecule has 21 heavy (non-hydrogen) atoms. The summed E-state index contributed by atoms with van der Waals surface area (Å²) in [5.74, 6) is -0.216. The summed E-state index contributed by atoms with van der Waals surface area (Å²) in [7, 11) is 1.72. The Bertz CT molecular complexity index is 263. The van der Waals surface area contributed by atoms with Gasteiger partial charge >= 0.3 is 5.97 Å². The lowest BCUT2D eigenvalue weighted by Gasteiger charge is -2.16. The van der Waals surface area contributed by atoms with Crippen molar-refractivity contribution in [3.63, 3.8) is 0 Å². The lowest BCUT2D eigenvalue weighted by atomic mass is 10.4. The Hall–Kier alpha value is 0.730. The first-order valence-electron chi connectivity index (χ1n) is 6.90. The molecule has 0 aliphatic rings. The fourth-order valence-corrected chi connectivity index (χ4v) is 2.33. The molecule has 2 N–H and O–H groups in total. The molecule has 0 aromatic rings. The Balaban J connectivity index is 3.34. The number of likely N-dealkylation sites (N-methyl/N-ethyl adjacent to an activating group) is 1. The number of halogens is 2. The van der Waals surface area contributed by atoms with Crippen LogP contribution >= 0.6 is 45.7 Å². The molecule has 0 spiro atoms. The van der Waals surface area contributed by atoms with Crippen LogP contribution < -0.4 is 5.32 Å². The Kier molecular flexibility index (Phi) is 16.2. The fraction of sp³-hybridized carbons (Fsp3) is 0.917. The number of nitrogens with one attached hydrogen (secondary N) is 1. The van der Waals surface area contributed by atoms with Gasteiger partial charge in [-0.2, -0.15) is 0 Å². The number of nitrogens with zero attached hydrogens (tertiary/aromatic N) is 2. The Morgan fingerprint density at radius 3 is 2.29 bits per heavy atom. The van der Waals surface area contributed by atoms with Gasteiger partial charge in [0.05, 0.1) is 33.0 Å². The maximum Gasteiger partial charge on any atom is 0.319 e. The molecule has 0 atom stereocenters. The van der Waals surface area contributed by atoms with Crippen molar-refractivity contribution in [3.8, 4) is 0 Å². The standard InChI is InChI=1S/C12H25I2N3O4/c1-15-11-12(19)21-8-2-3-16(13)5-9-20-10-6-17(14)4-7-18/h15,18H,2-11H2,1H3. The number of carbonyl (C=O) groups is 1. The highest BCUT2D eigenvalue weighted by atomic mass is 127. The van der Waals surface area contributed by atoms with E-state index in [1.165, 1.54) is 0 Å². The molecule has 0 aromatic carbocycles. The maximum absolute atomic E-state index is 11.1. The lowest BCUT2D eigenvalue weighted by molar-refractivity contribution is -0.142. The van der Waals surface area contributed by atoms with E-state index in [1.54, 1.807) is 7.05 Å². The van der Waals surface area contributed by atoms with Crippen molar-refractivity contribution in [2.45, 2.75) is 6.42 Å².